The highest BCUT2D eigenvalue weighted by molar-refractivity contribution is 5.92. The number of halogens is 3. The van der Waals surface area contributed by atoms with Gasteiger partial charge in [-0.1, -0.05) is 48.5 Å². The summed E-state index contributed by atoms with van der Waals surface area (Å²) in [6.45, 7) is 0.986. The Morgan fingerprint density at radius 2 is 1.73 bits per heavy atom. The van der Waals surface area contributed by atoms with Crippen molar-refractivity contribution in [3.8, 4) is 11.1 Å². The number of nitrogens with one attached hydrogen (secondary N) is 2. The molecule has 0 unspecified atom stereocenters. The van der Waals surface area contributed by atoms with Gasteiger partial charge < -0.3 is 20.1 Å². The largest absolute Gasteiger partial charge is 0.446 e. The van der Waals surface area contributed by atoms with Crippen LogP contribution in [0.5, 0.6) is 0 Å². The summed E-state index contributed by atoms with van der Waals surface area (Å²) in [7, 11) is 2.04. The lowest BCUT2D eigenvalue weighted by molar-refractivity contribution is -0.138. The molecule has 10 heteroatoms. The summed E-state index contributed by atoms with van der Waals surface area (Å²) in [5.41, 5.74) is 2.03. The number of anilines is 2. The molecule has 1 aliphatic heterocycles. The van der Waals surface area contributed by atoms with Crippen molar-refractivity contribution < 1.29 is 32.6 Å². The van der Waals surface area contributed by atoms with Crippen LogP contribution in [0.25, 0.3) is 11.1 Å². The van der Waals surface area contributed by atoms with E-state index in [1.165, 1.54) is 6.07 Å². The van der Waals surface area contributed by atoms with Gasteiger partial charge in [0.1, 0.15) is 6.10 Å². The fourth-order valence-corrected chi connectivity index (χ4v) is 4.85. The van der Waals surface area contributed by atoms with Crippen LogP contribution in [0.3, 0.4) is 0 Å². The highest BCUT2D eigenvalue weighted by atomic mass is 19.4. The second-order valence-electron chi connectivity index (χ2n) is 10.2. The van der Waals surface area contributed by atoms with E-state index in [1.54, 1.807) is 0 Å². The number of alkyl halides is 3. The predicted molar refractivity (Wildman–Crippen MR) is 151 cm³/mol. The lowest BCUT2D eigenvalue weighted by atomic mass is 9.99. The Balaban J connectivity index is 1.39. The molecule has 3 aromatic rings. The summed E-state index contributed by atoms with van der Waals surface area (Å²) in [4.78, 5) is 27.4. The molecule has 41 heavy (non-hydrogen) atoms. The lowest BCUT2D eigenvalue weighted by Gasteiger charge is -2.28. The Morgan fingerprint density at radius 1 is 1.00 bits per heavy atom. The minimum atomic E-state index is -4.64. The summed E-state index contributed by atoms with van der Waals surface area (Å²) < 4.78 is 45.5. The molecule has 0 spiro atoms. The number of piperidine rings is 1. The fourth-order valence-electron chi connectivity index (χ4n) is 4.85. The molecule has 218 valence electrons. The number of likely N-dealkylation sites (tertiary alicyclic amines) is 1. The Kier molecular flexibility index (Phi) is 10.0. The molecule has 0 atom stereocenters. The maximum Gasteiger partial charge on any atom is 0.416 e. The Morgan fingerprint density at radius 3 is 2.41 bits per heavy atom. The number of carbonyl (C=O) groups excluding carboxylic acids is 2. The molecule has 0 saturated carbocycles. The fraction of sp³-hybridized carbons (Fsp3) is 0.355. The Hall–Kier alpha value is -3.89. The number of carbonyl (C=O) groups is 2. The highest BCUT2D eigenvalue weighted by Gasteiger charge is 2.33. The summed E-state index contributed by atoms with van der Waals surface area (Å²) in [6.07, 6.45) is -2.70. The SMILES string of the molecule is CN1CCC(OC(=O)Nc2cc(CCCC(=O)Nc3ccc(CO)c(C(F)(F)F)c3)ccc2-c2ccccc2)CC1. The zero-order valence-corrected chi connectivity index (χ0v) is 22.8. The van der Waals surface area contributed by atoms with Gasteiger partial charge in [0.25, 0.3) is 0 Å². The van der Waals surface area contributed by atoms with E-state index in [0.29, 0.717) is 18.5 Å². The van der Waals surface area contributed by atoms with Crippen LogP contribution in [0.1, 0.15) is 42.4 Å². The predicted octanol–water partition coefficient (Wildman–Crippen LogP) is 6.47. The molecule has 7 nitrogen and oxygen atoms in total. The first kappa shape index (κ1) is 30.1. The standard InChI is InChI=1S/C31H34F3N3O4/c1-37-16-14-25(15-17-37)41-30(40)36-28-18-21(10-13-26(28)22-7-3-2-4-8-22)6-5-9-29(39)35-24-12-11-23(20-38)27(19-24)31(32,33)34/h2-4,7-8,10-13,18-19,25,38H,5-6,9,14-17,20H2,1H3,(H,35,39)(H,36,40). The number of amides is 2. The van der Waals surface area contributed by atoms with Crippen LogP contribution in [0, 0.1) is 0 Å². The van der Waals surface area contributed by atoms with Crippen molar-refractivity contribution in [2.45, 2.75) is 51.0 Å². The molecule has 3 aromatic carbocycles. The van der Waals surface area contributed by atoms with E-state index in [1.807, 2.05) is 55.6 Å². The van der Waals surface area contributed by atoms with Gasteiger partial charge in [0.15, 0.2) is 0 Å². The highest BCUT2D eigenvalue weighted by Crippen LogP contribution is 2.34. The van der Waals surface area contributed by atoms with Crippen molar-refractivity contribution in [2.24, 2.45) is 0 Å². The topological polar surface area (TPSA) is 90.9 Å². The molecule has 0 aliphatic carbocycles. The average molecular weight is 570 g/mol. The minimum absolute atomic E-state index is 0.0151. The van der Waals surface area contributed by atoms with Gasteiger partial charge >= 0.3 is 12.3 Å². The first-order chi connectivity index (χ1) is 19.6. The normalized spacial score (nSPS) is 14.5. The average Bonchev–Trinajstić information content (AvgIpc) is 2.94. The molecule has 4 rings (SSSR count). The minimum Gasteiger partial charge on any atom is -0.446 e. The van der Waals surface area contributed by atoms with Crippen LogP contribution in [-0.2, 0) is 28.7 Å². The molecule has 0 radical (unpaired) electrons. The molecular weight excluding hydrogens is 535 g/mol. The molecule has 2 amide bonds. The van der Waals surface area contributed by atoms with Crippen LogP contribution < -0.4 is 10.6 Å². The van der Waals surface area contributed by atoms with Crippen LogP contribution in [0.4, 0.5) is 29.3 Å². The number of hydrogen-bond acceptors (Lipinski definition) is 5. The van der Waals surface area contributed by atoms with Crippen LogP contribution in [0.2, 0.25) is 0 Å². The van der Waals surface area contributed by atoms with E-state index in [0.717, 1.165) is 54.8 Å². The van der Waals surface area contributed by atoms with E-state index < -0.39 is 30.3 Å². The number of ether oxygens (including phenoxy) is 1. The number of aryl methyl sites for hydroxylation is 1. The van der Waals surface area contributed by atoms with Crippen molar-refractivity contribution in [3.05, 3.63) is 83.4 Å². The van der Waals surface area contributed by atoms with Gasteiger partial charge in [-0.3, -0.25) is 10.1 Å². The van der Waals surface area contributed by atoms with Crippen LogP contribution >= 0.6 is 0 Å². The number of rotatable bonds is 9. The smallest absolute Gasteiger partial charge is 0.416 e. The number of hydrogen-bond donors (Lipinski definition) is 3. The third kappa shape index (κ3) is 8.55. The van der Waals surface area contributed by atoms with Gasteiger partial charge in [0, 0.05) is 30.8 Å². The summed E-state index contributed by atoms with van der Waals surface area (Å²) in [5, 5.41) is 14.6. The number of aliphatic hydroxyl groups is 1. The van der Waals surface area contributed by atoms with E-state index in [2.05, 4.69) is 15.5 Å². The first-order valence-electron chi connectivity index (χ1n) is 13.6. The van der Waals surface area contributed by atoms with Crippen molar-refractivity contribution >= 4 is 23.4 Å². The second-order valence-corrected chi connectivity index (χ2v) is 10.2. The first-order valence-corrected chi connectivity index (χ1v) is 13.6. The van der Waals surface area contributed by atoms with E-state index in [9.17, 15) is 27.9 Å². The molecule has 1 aliphatic rings. The molecule has 1 fully saturated rings. The Labute approximate surface area is 237 Å². The zero-order chi connectivity index (χ0) is 29.4. The van der Waals surface area contributed by atoms with E-state index >= 15 is 0 Å². The number of benzene rings is 3. The molecule has 3 N–H and O–H groups in total. The summed E-state index contributed by atoms with van der Waals surface area (Å²) in [6, 6.07) is 18.7. The quantitative estimate of drug-likeness (QED) is 0.275. The van der Waals surface area contributed by atoms with Crippen LogP contribution in [-0.4, -0.2) is 48.2 Å². The maximum atomic E-state index is 13.3. The molecular formula is C31H34F3N3O4. The van der Waals surface area contributed by atoms with E-state index in [4.69, 9.17) is 4.74 Å². The van der Waals surface area contributed by atoms with Crippen molar-refractivity contribution in [2.75, 3.05) is 30.8 Å². The van der Waals surface area contributed by atoms with Gasteiger partial charge in [-0.05, 0) is 67.6 Å². The van der Waals surface area contributed by atoms with Gasteiger partial charge in [0.2, 0.25) is 5.91 Å². The molecule has 1 heterocycles. The van der Waals surface area contributed by atoms with Crippen molar-refractivity contribution in [1.29, 1.82) is 0 Å². The zero-order valence-electron chi connectivity index (χ0n) is 22.8. The molecule has 0 aromatic heterocycles. The summed E-state index contributed by atoms with van der Waals surface area (Å²) in [5.74, 6) is -0.421. The third-order valence-electron chi connectivity index (χ3n) is 7.08. The van der Waals surface area contributed by atoms with Crippen LogP contribution in [0.15, 0.2) is 66.7 Å². The monoisotopic (exact) mass is 569 g/mol. The third-order valence-corrected chi connectivity index (χ3v) is 7.08. The Bertz CT molecular complexity index is 1340. The molecule has 0 bridgehead atoms. The number of nitrogens with zero attached hydrogens (tertiary/aromatic N) is 1. The second kappa shape index (κ2) is 13.6. The van der Waals surface area contributed by atoms with Gasteiger partial charge in [-0.25, -0.2) is 4.79 Å². The van der Waals surface area contributed by atoms with Gasteiger partial charge in [-0.2, -0.15) is 13.2 Å². The van der Waals surface area contributed by atoms with Gasteiger partial charge in [-0.15, -0.1) is 0 Å². The van der Waals surface area contributed by atoms with E-state index in [-0.39, 0.29) is 23.8 Å². The number of aliphatic hydroxyl groups excluding tert-OH is 1. The summed E-state index contributed by atoms with van der Waals surface area (Å²) >= 11 is 0. The van der Waals surface area contributed by atoms with Gasteiger partial charge in [0.05, 0.1) is 17.9 Å². The van der Waals surface area contributed by atoms with Crippen molar-refractivity contribution in [1.82, 2.24) is 4.90 Å². The van der Waals surface area contributed by atoms with Crippen molar-refractivity contribution in [3.63, 3.8) is 0 Å². The maximum absolute atomic E-state index is 13.3. The lowest BCUT2D eigenvalue weighted by Crippen LogP contribution is -2.36. The molecule has 1 saturated heterocycles.